The zero-order chi connectivity index (χ0) is 20.7. The molecule has 0 amide bonds. The Bertz CT molecular complexity index is 1230. The van der Waals surface area contributed by atoms with Crippen molar-refractivity contribution in [3.8, 4) is 5.75 Å². The second kappa shape index (κ2) is 7.54. The molecule has 1 aliphatic heterocycles. The third-order valence-corrected chi connectivity index (χ3v) is 5.71. The molecule has 152 valence electrons. The summed E-state index contributed by atoms with van der Waals surface area (Å²) in [5.41, 5.74) is 1.66. The fourth-order valence-electron chi connectivity index (χ4n) is 4.09. The summed E-state index contributed by atoms with van der Waals surface area (Å²) in [7, 11) is 0. The number of β-amino-alcohol motifs (C(OH)–C–C–N with tert-alkyl or cyclic N) is 1. The van der Waals surface area contributed by atoms with Gasteiger partial charge in [-0.1, -0.05) is 6.07 Å². The van der Waals surface area contributed by atoms with Crippen molar-refractivity contribution in [2.75, 3.05) is 18.0 Å². The SMILES string of the molecule is Cc1cc(N2CC[C@@H](Oc3ccc4ccncc4c3)[C@H](O)C2)nc2cc(F)ccc12. The molecule has 4 aromatic rings. The van der Waals surface area contributed by atoms with Crippen molar-refractivity contribution in [3.05, 3.63) is 72.3 Å². The lowest BCUT2D eigenvalue weighted by atomic mass is 10.0. The number of aryl methyl sites for hydroxylation is 1. The van der Waals surface area contributed by atoms with Gasteiger partial charge in [-0.25, -0.2) is 9.37 Å². The predicted molar refractivity (Wildman–Crippen MR) is 115 cm³/mol. The number of piperidine rings is 1. The molecule has 0 spiro atoms. The molecule has 1 fully saturated rings. The summed E-state index contributed by atoms with van der Waals surface area (Å²) in [6.07, 6.45) is 3.27. The van der Waals surface area contributed by atoms with Crippen molar-refractivity contribution in [3.63, 3.8) is 0 Å². The quantitative estimate of drug-likeness (QED) is 0.554. The number of pyridine rings is 2. The number of benzene rings is 2. The van der Waals surface area contributed by atoms with Gasteiger partial charge in [0.2, 0.25) is 0 Å². The number of hydrogen-bond donors (Lipinski definition) is 1. The van der Waals surface area contributed by atoms with Crippen LogP contribution in [0.2, 0.25) is 0 Å². The van der Waals surface area contributed by atoms with Gasteiger partial charge in [0, 0.05) is 48.7 Å². The van der Waals surface area contributed by atoms with Crippen LogP contribution in [0.3, 0.4) is 0 Å². The minimum atomic E-state index is -0.659. The van der Waals surface area contributed by atoms with Crippen molar-refractivity contribution in [1.82, 2.24) is 9.97 Å². The number of aliphatic hydroxyl groups is 1. The van der Waals surface area contributed by atoms with Crippen molar-refractivity contribution < 1.29 is 14.2 Å². The summed E-state index contributed by atoms with van der Waals surface area (Å²) in [6, 6.07) is 14.5. The largest absolute Gasteiger partial charge is 0.488 e. The molecule has 2 aromatic carbocycles. The highest BCUT2D eigenvalue weighted by atomic mass is 19.1. The van der Waals surface area contributed by atoms with Gasteiger partial charge in [0.1, 0.15) is 29.6 Å². The number of ether oxygens (including phenoxy) is 1. The van der Waals surface area contributed by atoms with Gasteiger partial charge in [-0.3, -0.25) is 4.98 Å². The standard InChI is InChI=1S/C24H22FN3O2/c1-15-10-24(27-21-12-18(25)3-5-20(15)21)28-9-7-23(22(29)14-28)30-19-4-2-16-6-8-26-13-17(16)11-19/h2-6,8,10-13,22-23,29H,7,9,14H2,1H3/t22-,23-/m1/s1. The molecule has 2 aromatic heterocycles. The highest BCUT2D eigenvalue weighted by Gasteiger charge is 2.30. The fraction of sp³-hybridized carbons (Fsp3) is 0.250. The third-order valence-electron chi connectivity index (χ3n) is 5.71. The van der Waals surface area contributed by atoms with Crippen LogP contribution in [-0.4, -0.2) is 40.4 Å². The van der Waals surface area contributed by atoms with E-state index in [1.807, 2.05) is 42.2 Å². The molecule has 2 atom stereocenters. The number of halogens is 1. The molecule has 5 rings (SSSR count). The van der Waals surface area contributed by atoms with Crippen molar-refractivity contribution in [2.24, 2.45) is 0 Å². The number of aliphatic hydroxyl groups excluding tert-OH is 1. The van der Waals surface area contributed by atoms with Gasteiger partial charge in [-0.05, 0) is 54.3 Å². The minimum absolute atomic E-state index is 0.297. The molecule has 1 saturated heterocycles. The summed E-state index contributed by atoms with van der Waals surface area (Å²) in [5.74, 6) is 1.17. The summed E-state index contributed by atoms with van der Waals surface area (Å²) in [4.78, 5) is 10.8. The van der Waals surface area contributed by atoms with E-state index in [1.165, 1.54) is 12.1 Å². The zero-order valence-corrected chi connectivity index (χ0v) is 16.6. The second-order valence-corrected chi connectivity index (χ2v) is 7.80. The lowest BCUT2D eigenvalue weighted by Crippen LogP contribution is -2.49. The molecule has 0 saturated carbocycles. The lowest BCUT2D eigenvalue weighted by Gasteiger charge is -2.36. The van der Waals surface area contributed by atoms with Crippen molar-refractivity contribution in [1.29, 1.82) is 0 Å². The van der Waals surface area contributed by atoms with Crippen LogP contribution in [-0.2, 0) is 0 Å². The average Bonchev–Trinajstić information content (AvgIpc) is 2.74. The van der Waals surface area contributed by atoms with E-state index in [2.05, 4.69) is 9.97 Å². The highest BCUT2D eigenvalue weighted by Crippen LogP contribution is 2.28. The van der Waals surface area contributed by atoms with Crippen molar-refractivity contribution in [2.45, 2.75) is 25.6 Å². The normalized spacial score (nSPS) is 19.4. The molecular formula is C24H22FN3O2. The topological polar surface area (TPSA) is 58.5 Å². The first kappa shape index (κ1) is 18.8. The molecule has 0 unspecified atom stereocenters. The second-order valence-electron chi connectivity index (χ2n) is 7.80. The molecule has 0 bridgehead atoms. The summed E-state index contributed by atoms with van der Waals surface area (Å²) in [5, 5.41) is 13.8. The van der Waals surface area contributed by atoms with Crippen molar-refractivity contribution >= 4 is 27.5 Å². The van der Waals surface area contributed by atoms with E-state index < -0.39 is 6.10 Å². The summed E-state index contributed by atoms with van der Waals surface area (Å²) in [6.45, 7) is 3.10. The van der Waals surface area contributed by atoms with E-state index >= 15 is 0 Å². The number of rotatable bonds is 3. The van der Waals surface area contributed by atoms with E-state index in [4.69, 9.17) is 4.74 Å². The Morgan fingerprint density at radius 3 is 2.87 bits per heavy atom. The number of fused-ring (bicyclic) bond motifs is 2. The number of hydrogen-bond acceptors (Lipinski definition) is 5. The number of nitrogens with zero attached hydrogens (tertiary/aromatic N) is 3. The Morgan fingerprint density at radius 2 is 2.00 bits per heavy atom. The maximum Gasteiger partial charge on any atom is 0.129 e. The van der Waals surface area contributed by atoms with Crippen LogP contribution in [0.1, 0.15) is 12.0 Å². The fourth-order valence-corrected chi connectivity index (χ4v) is 4.09. The smallest absolute Gasteiger partial charge is 0.129 e. The van der Waals surface area contributed by atoms with E-state index in [-0.39, 0.29) is 11.9 Å². The van der Waals surface area contributed by atoms with E-state index in [9.17, 15) is 9.50 Å². The van der Waals surface area contributed by atoms with Crippen LogP contribution >= 0.6 is 0 Å². The molecule has 1 aliphatic rings. The van der Waals surface area contributed by atoms with E-state index in [1.54, 1.807) is 18.5 Å². The van der Waals surface area contributed by atoms with Gasteiger partial charge >= 0.3 is 0 Å². The molecule has 0 radical (unpaired) electrons. The van der Waals surface area contributed by atoms with E-state index in [0.717, 1.165) is 33.3 Å². The first-order valence-corrected chi connectivity index (χ1v) is 10.1. The van der Waals surface area contributed by atoms with Crippen LogP contribution in [0.15, 0.2) is 60.9 Å². The van der Waals surface area contributed by atoms with Crippen LogP contribution in [0.25, 0.3) is 21.7 Å². The predicted octanol–water partition coefficient (Wildman–Crippen LogP) is 4.25. The molecule has 6 heteroatoms. The van der Waals surface area contributed by atoms with Crippen LogP contribution in [0.5, 0.6) is 5.75 Å². The Hall–Kier alpha value is -3.25. The Balaban J connectivity index is 1.33. The molecule has 3 heterocycles. The van der Waals surface area contributed by atoms with Gasteiger partial charge in [-0.15, -0.1) is 0 Å². The Kier molecular flexibility index (Phi) is 4.71. The van der Waals surface area contributed by atoms with E-state index in [0.29, 0.717) is 25.0 Å². The molecule has 30 heavy (non-hydrogen) atoms. The van der Waals surface area contributed by atoms with Gasteiger partial charge in [-0.2, -0.15) is 0 Å². The van der Waals surface area contributed by atoms with Crippen LogP contribution in [0.4, 0.5) is 10.2 Å². The maximum atomic E-state index is 13.6. The molecule has 5 nitrogen and oxygen atoms in total. The molecule has 0 aliphatic carbocycles. The summed E-state index contributed by atoms with van der Waals surface area (Å²) >= 11 is 0. The van der Waals surface area contributed by atoms with Gasteiger partial charge in [0.05, 0.1) is 5.52 Å². The first-order valence-electron chi connectivity index (χ1n) is 10.1. The molecular weight excluding hydrogens is 381 g/mol. The van der Waals surface area contributed by atoms with Crippen LogP contribution in [0, 0.1) is 12.7 Å². The number of aromatic nitrogens is 2. The molecule has 1 N–H and O–H groups in total. The third kappa shape index (κ3) is 3.55. The van der Waals surface area contributed by atoms with Gasteiger partial charge < -0.3 is 14.7 Å². The monoisotopic (exact) mass is 403 g/mol. The van der Waals surface area contributed by atoms with Gasteiger partial charge in [0.25, 0.3) is 0 Å². The Morgan fingerprint density at radius 1 is 1.10 bits per heavy atom. The minimum Gasteiger partial charge on any atom is -0.488 e. The average molecular weight is 403 g/mol. The number of anilines is 1. The maximum absolute atomic E-state index is 13.6. The highest BCUT2D eigenvalue weighted by molar-refractivity contribution is 5.84. The zero-order valence-electron chi connectivity index (χ0n) is 16.6. The first-order chi connectivity index (χ1) is 14.6. The Labute approximate surface area is 173 Å². The van der Waals surface area contributed by atoms with Crippen LogP contribution < -0.4 is 9.64 Å². The lowest BCUT2D eigenvalue weighted by molar-refractivity contribution is 0.0241. The van der Waals surface area contributed by atoms with Gasteiger partial charge in [0.15, 0.2) is 0 Å². The summed E-state index contributed by atoms with van der Waals surface area (Å²) < 4.78 is 19.7.